The number of aromatic nitrogens is 1. The highest BCUT2D eigenvalue weighted by Crippen LogP contribution is 2.59. The molecular weight excluding hydrogens is 701 g/mol. The maximum Gasteiger partial charge on any atom is 0.0536 e. The third-order valence-electron chi connectivity index (χ3n) is 14.6. The minimum Gasteiger partial charge on any atom is -0.313 e. The van der Waals surface area contributed by atoms with Gasteiger partial charge in [0, 0.05) is 45.7 Å². The summed E-state index contributed by atoms with van der Waals surface area (Å²) in [7, 11) is 0. The van der Waals surface area contributed by atoms with Crippen molar-refractivity contribution < 1.29 is 0 Å². The Hall–Kier alpha value is -5.86. The van der Waals surface area contributed by atoms with E-state index in [0.29, 0.717) is 23.7 Å². The quantitative estimate of drug-likeness (QED) is 0.154. The smallest absolute Gasteiger partial charge is 0.0536 e. The van der Waals surface area contributed by atoms with E-state index in [1.54, 1.807) is 0 Å². The second-order valence-electron chi connectivity index (χ2n) is 18.4. The molecule has 0 amide bonds. The summed E-state index contributed by atoms with van der Waals surface area (Å²) < 4.78 is 2.61. The number of hydrogen-bond donors (Lipinski definition) is 0. The minimum atomic E-state index is 0.0263. The molecule has 1 aromatic heterocycles. The molecule has 0 radical (unpaired) electrons. The summed E-state index contributed by atoms with van der Waals surface area (Å²) in [5.74, 6) is 1.71. The summed E-state index contributed by atoms with van der Waals surface area (Å²) in [5, 5.41) is 1.37. The molecule has 4 atom stereocenters. The molecule has 6 aromatic rings. The Morgan fingerprint density at radius 1 is 0.621 bits per heavy atom. The van der Waals surface area contributed by atoms with Crippen LogP contribution in [0.1, 0.15) is 93.2 Å². The predicted molar refractivity (Wildman–Crippen MR) is 244 cm³/mol. The Morgan fingerprint density at radius 2 is 1.36 bits per heavy atom. The Kier molecular flexibility index (Phi) is 8.13. The molecule has 5 aliphatic carbocycles. The molecule has 0 saturated carbocycles. The summed E-state index contributed by atoms with van der Waals surface area (Å²) in [6, 6.07) is 45.8. The number of rotatable bonds is 6. The van der Waals surface area contributed by atoms with Gasteiger partial charge in [-0.05, 0) is 136 Å². The molecule has 0 N–H and O–H groups in total. The summed E-state index contributed by atoms with van der Waals surface area (Å²) in [4.78, 5) is 2.54. The fourth-order valence-electron chi connectivity index (χ4n) is 11.7. The van der Waals surface area contributed by atoms with Crippen LogP contribution in [0.25, 0.3) is 33.3 Å². The normalized spacial score (nSPS) is 23.2. The van der Waals surface area contributed by atoms with Crippen molar-refractivity contribution in [1.82, 2.24) is 4.57 Å². The summed E-state index contributed by atoms with van der Waals surface area (Å²) in [6.07, 6.45) is 24.0. The molecule has 2 nitrogen and oxygen atoms in total. The molecular formula is C56H52N2. The van der Waals surface area contributed by atoms with Gasteiger partial charge in [-0.2, -0.15) is 0 Å². The van der Waals surface area contributed by atoms with Crippen molar-refractivity contribution in [1.29, 1.82) is 0 Å². The molecule has 4 unspecified atom stereocenters. The van der Waals surface area contributed by atoms with Crippen LogP contribution in [0.3, 0.4) is 0 Å². The number of nitrogens with zero attached hydrogens (tertiary/aromatic N) is 2. The Labute approximate surface area is 344 Å². The minimum absolute atomic E-state index is 0.0263. The van der Waals surface area contributed by atoms with Gasteiger partial charge >= 0.3 is 0 Å². The molecule has 0 fully saturated rings. The third kappa shape index (κ3) is 5.37. The van der Waals surface area contributed by atoms with Gasteiger partial charge < -0.3 is 9.47 Å². The van der Waals surface area contributed by atoms with Gasteiger partial charge in [-0.1, -0.05) is 149 Å². The van der Waals surface area contributed by atoms with Crippen molar-refractivity contribution in [3.05, 3.63) is 204 Å². The molecule has 58 heavy (non-hydrogen) atoms. The number of allylic oxidation sites excluding steroid dienone is 9. The monoisotopic (exact) mass is 752 g/mol. The van der Waals surface area contributed by atoms with Gasteiger partial charge in [-0.25, -0.2) is 0 Å². The van der Waals surface area contributed by atoms with E-state index in [0.717, 1.165) is 19.3 Å². The molecule has 0 aliphatic heterocycles. The second kappa shape index (κ2) is 13.3. The van der Waals surface area contributed by atoms with Crippen molar-refractivity contribution in [2.45, 2.75) is 76.0 Å². The number of anilines is 2. The zero-order valence-corrected chi connectivity index (χ0v) is 34.2. The Morgan fingerprint density at radius 3 is 2.16 bits per heavy atom. The first kappa shape index (κ1) is 35.3. The number of hydrogen-bond acceptors (Lipinski definition) is 1. The van der Waals surface area contributed by atoms with E-state index < -0.39 is 0 Å². The highest BCUT2D eigenvalue weighted by molar-refractivity contribution is 5.94. The maximum atomic E-state index is 2.61. The van der Waals surface area contributed by atoms with Crippen LogP contribution in [-0.2, 0) is 10.8 Å². The molecule has 1 heterocycles. The topological polar surface area (TPSA) is 8.17 Å². The first-order valence-electron chi connectivity index (χ1n) is 21.6. The van der Waals surface area contributed by atoms with Gasteiger partial charge in [0.1, 0.15) is 0 Å². The van der Waals surface area contributed by atoms with Crippen LogP contribution in [0.2, 0.25) is 0 Å². The van der Waals surface area contributed by atoms with Crippen LogP contribution in [-0.4, -0.2) is 4.57 Å². The summed E-state index contributed by atoms with van der Waals surface area (Å²) in [6.45, 7) is 9.91. The highest BCUT2D eigenvalue weighted by Gasteiger charge is 2.50. The van der Waals surface area contributed by atoms with Gasteiger partial charge in [-0.3, -0.25) is 0 Å². The van der Waals surface area contributed by atoms with Crippen LogP contribution in [0.4, 0.5) is 11.4 Å². The van der Waals surface area contributed by atoms with E-state index >= 15 is 0 Å². The van der Waals surface area contributed by atoms with Crippen LogP contribution >= 0.6 is 0 Å². The standard InChI is InChI=1S/C56H52N2/c1-55(2)49-21-13-11-19-45(49)46-33-31-44(36-51(46)55)57(41-27-23-39(24-28-41)37-15-7-5-8-16-37)43-32-34-52-48(35-43)53-54(47-20-12-14-22-50(47)56(53,3)4)58(52)42-29-25-40(26-30-42)38-17-9-6-10-18-38/h6-7,9-13,15-21,23-36,46-47,50-51H,5,8,14,22H2,1-4H3. The van der Waals surface area contributed by atoms with Crippen LogP contribution < -0.4 is 4.90 Å². The summed E-state index contributed by atoms with van der Waals surface area (Å²) >= 11 is 0. The third-order valence-corrected chi connectivity index (χ3v) is 14.6. The van der Waals surface area contributed by atoms with Crippen molar-refractivity contribution in [3.63, 3.8) is 0 Å². The molecule has 5 aromatic carbocycles. The van der Waals surface area contributed by atoms with Crippen LogP contribution in [0.15, 0.2) is 176 Å². The predicted octanol–water partition coefficient (Wildman–Crippen LogP) is 14.7. The van der Waals surface area contributed by atoms with E-state index in [1.807, 2.05) is 0 Å². The Balaban J connectivity index is 1.09. The van der Waals surface area contributed by atoms with Crippen molar-refractivity contribution >= 4 is 27.9 Å². The largest absolute Gasteiger partial charge is 0.313 e. The zero-order valence-electron chi connectivity index (χ0n) is 34.2. The average molecular weight is 753 g/mol. The second-order valence-corrected chi connectivity index (χ2v) is 18.4. The van der Waals surface area contributed by atoms with Crippen molar-refractivity contribution in [2.24, 2.45) is 11.8 Å². The first-order chi connectivity index (χ1) is 28.3. The molecule has 2 heteroatoms. The molecule has 0 bridgehead atoms. The molecule has 286 valence electrons. The van der Waals surface area contributed by atoms with Gasteiger partial charge in [-0.15, -0.1) is 0 Å². The van der Waals surface area contributed by atoms with Crippen LogP contribution in [0, 0.1) is 11.8 Å². The van der Waals surface area contributed by atoms with Gasteiger partial charge in [0.15, 0.2) is 0 Å². The lowest BCUT2D eigenvalue weighted by Crippen LogP contribution is -2.28. The SMILES string of the molecule is CC1(C)c2ccccc2C2C=CC(N(c3ccc(C4=CCCC=C4)cc3)c3ccc4c(c3)c3c(n4-c4ccc(-c5ccccc5)cc4)C4C=CCCC4C3(C)C)=CC21. The summed E-state index contributed by atoms with van der Waals surface area (Å²) in [5.41, 5.74) is 17.3. The lowest BCUT2D eigenvalue weighted by molar-refractivity contribution is 0.300. The molecule has 0 saturated heterocycles. The van der Waals surface area contributed by atoms with E-state index in [9.17, 15) is 0 Å². The van der Waals surface area contributed by atoms with Gasteiger partial charge in [0.05, 0.1) is 5.52 Å². The molecule has 11 rings (SSSR count). The average Bonchev–Trinajstić information content (AvgIpc) is 3.82. The lowest BCUT2D eigenvalue weighted by Gasteiger charge is -2.35. The maximum absolute atomic E-state index is 2.61. The van der Waals surface area contributed by atoms with E-state index in [4.69, 9.17) is 0 Å². The fraction of sp³-hybridized carbons (Fsp3) is 0.250. The van der Waals surface area contributed by atoms with Gasteiger partial charge in [0.2, 0.25) is 0 Å². The fourth-order valence-corrected chi connectivity index (χ4v) is 11.7. The first-order valence-corrected chi connectivity index (χ1v) is 21.6. The lowest BCUT2D eigenvalue weighted by atomic mass is 9.71. The van der Waals surface area contributed by atoms with Crippen molar-refractivity contribution in [3.8, 4) is 16.8 Å². The Bertz CT molecular complexity index is 2730. The molecule has 0 spiro atoms. The van der Waals surface area contributed by atoms with Crippen molar-refractivity contribution in [2.75, 3.05) is 4.90 Å². The van der Waals surface area contributed by atoms with Gasteiger partial charge in [0.25, 0.3) is 0 Å². The zero-order chi connectivity index (χ0) is 39.2. The van der Waals surface area contributed by atoms with Crippen LogP contribution in [0.5, 0.6) is 0 Å². The number of fused-ring (bicyclic) bond motifs is 8. The van der Waals surface area contributed by atoms with E-state index in [1.165, 1.54) is 84.7 Å². The highest BCUT2D eigenvalue weighted by atomic mass is 15.1. The molecule has 5 aliphatic rings. The number of benzene rings is 5. The van der Waals surface area contributed by atoms with E-state index in [-0.39, 0.29) is 10.8 Å². The van der Waals surface area contributed by atoms with E-state index in [2.05, 4.69) is 207 Å².